The Morgan fingerprint density at radius 3 is 2.59 bits per heavy atom. The first-order valence-corrected chi connectivity index (χ1v) is 5.20. The highest BCUT2D eigenvalue weighted by atomic mass is 35.5. The van der Waals surface area contributed by atoms with Crippen LogP contribution >= 0.6 is 23.2 Å². The molecule has 0 aliphatic heterocycles. The van der Waals surface area contributed by atoms with E-state index < -0.39 is 5.91 Å². The van der Waals surface area contributed by atoms with E-state index in [0.717, 1.165) is 0 Å². The molecule has 0 saturated carbocycles. The molecule has 2 N–H and O–H groups in total. The number of aromatic nitrogens is 2. The summed E-state index contributed by atoms with van der Waals surface area (Å²) in [6.07, 6.45) is 4.16. The van der Waals surface area contributed by atoms with E-state index >= 15 is 0 Å². The molecule has 2 heterocycles. The predicted octanol–water partition coefficient (Wildman–Crippen LogP) is 2.13. The number of anilines is 1. The lowest BCUT2D eigenvalue weighted by Crippen LogP contribution is -2.29. The topological polar surface area (TPSA) is 80.0 Å². The number of carbonyl (C=O) groups is 1. The first-order valence-electron chi connectivity index (χ1n) is 4.44. The van der Waals surface area contributed by atoms with E-state index in [-0.39, 0.29) is 15.8 Å². The first kappa shape index (κ1) is 11.7. The number of nitrogens with zero attached hydrogens (tertiary/aromatic N) is 2. The van der Waals surface area contributed by atoms with Crippen molar-refractivity contribution in [2.24, 2.45) is 0 Å². The van der Waals surface area contributed by atoms with Gasteiger partial charge >= 0.3 is 5.91 Å². The summed E-state index contributed by atoms with van der Waals surface area (Å²) in [5.74, 6) is -0.426. The molecular weight excluding hydrogens is 267 g/mol. The van der Waals surface area contributed by atoms with Gasteiger partial charge in [-0.3, -0.25) is 20.6 Å². The molecule has 0 aliphatic carbocycles. The van der Waals surface area contributed by atoms with Crippen molar-refractivity contribution < 1.29 is 9.32 Å². The second kappa shape index (κ2) is 5.03. The van der Waals surface area contributed by atoms with Gasteiger partial charge in [-0.2, -0.15) is 0 Å². The average molecular weight is 273 g/mol. The van der Waals surface area contributed by atoms with Crippen molar-refractivity contribution >= 4 is 34.8 Å². The number of pyridine rings is 1. The Labute approximate surface area is 106 Å². The largest absolute Gasteiger partial charge is 0.351 e. The first-order chi connectivity index (χ1) is 8.18. The highest BCUT2D eigenvalue weighted by Gasteiger charge is 2.11. The van der Waals surface area contributed by atoms with Gasteiger partial charge < -0.3 is 4.52 Å². The normalized spacial score (nSPS) is 10.0. The molecule has 0 atom stereocenters. The third kappa shape index (κ3) is 2.66. The highest BCUT2D eigenvalue weighted by molar-refractivity contribution is 6.38. The second-order valence-corrected chi connectivity index (χ2v) is 3.75. The Hall–Kier alpha value is -1.79. The SMILES string of the molecule is O=C(NNc1c(Cl)cncc1Cl)c1ccno1. The van der Waals surface area contributed by atoms with Gasteiger partial charge in [-0.25, -0.2) is 0 Å². The zero-order chi connectivity index (χ0) is 12.3. The van der Waals surface area contributed by atoms with Crippen LogP contribution in [0.1, 0.15) is 10.6 Å². The Bertz CT molecular complexity index is 510. The van der Waals surface area contributed by atoms with Crippen LogP contribution in [0.4, 0.5) is 5.69 Å². The number of hydrogen-bond donors (Lipinski definition) is 2. The highest BCUT2D eigenvalue weighted by Crippen LogP contribution is 2.27. The number of nitrogens with one attached hydrogen (secondary N) is 2. The van der Waals surface area contributed by atoms with Crippen LogP contribution in [0.2, 0.25) is 10.0 Å². The predicted molar refractivity (Wildman–Crippen MR) is 61.8 cm³/mol. The Kier molecular flexibility index (Phi) is 3.46. The second-order valence-electron chi connectivity index (χ2n) is 2.93. The molecule has 2 rings (SSSR count). The van der Waals surface area contributed by atoms with Crippen molar-refractivity contribution in [2.75, 3.05) is 5.43 Å². The molecule has 0 aliphatic rings. The number of hydrazine groups is 1. The van der Waals surface area contributed by atoms with Gasteiger partial charge in [0.2, 0.25) is 5.76 Å². The van der Waals surface area contributed by atoms with Crippen LogP contribution in [0.25, 0.3) is 0 Å². The minimum Gasteiger partial charge on any atom is -0.351 e. The molecule has 88 valence electrons. The van der Waals surface area contributed by atoms with Crippen molar-refractivity contribution in [2.45, 2.75) is 0 Å². The maximum Gasteiger partial charge on any atom is 0.308 e. The molecule has 1 amide bonds. The van der Waals surface area contributed by atoms with Crippen molar-refractivity contribution in [1.82, 2.24) is 15.6 Å². The fraction of sp³-hybridized carbons (Fsp3) is 0. The van der Waals surface area contributed by atoms with Gasteiger partial charge in [0, 0.05) is 18.5 Å². The van der Waals surface area contributed by atoms with E-state index in [2.05, 4.69) is 25.5 Å². The van der Waals surface area contributed by atoms with E-state index in [1.807, 2.05) is 0 Å². The van der Waals surface area contributed by atoms with Gasteiger partial charge in [0.1, 0.15) is 0 Å². The number of rotatable bonds is 3. The molecule has 0 spiro atoms. The van der Waals surface area contributed by atoms with Crippen molar-refractivity contribution in [3.8, 4) is 0 Å². The standard InChI is InChI=1S/C9H6Cl2N4O2/c10-5-3-12-4-6(11)8(5)14-15-9(16)7-1-2-13-17-7/h1-4H,(H,12,14)(H,15,16). The monoisotopic (exact) mass is 272 g/mol. The summed E-state index contributed by atoms with van der Waals surface area (Å²) in [5, 5.41) is 3.98. The van der Waals surface area contributed by atoms with Crippen LogP contribution in [0.5, 0.6) is 0 Å². The number of hydrogen-bond acceptors (Lipinski definition) is 5. The van der Waals surface area contributed by atoms with Crippen LogP contribution in [0.3, 0.4) is 0 Å². The van der Waals surface area contributed by atoms with Crippen molar-refractivity contribution in [1.29, 1.82) is 0 Å². The molecule has 17 heavy (non-hydrogen) atoms. The molecule has 0 radical (unpaired) electrons. The third-order valence-electron chi connectivity index (χ3n) is 1.82. The third-order valence-corrected chi connectivity index (χ3v) is 2.39. The van der Waals surface area contributed by atoms with E-state index in [0.29, 0.717) is 5.69 Å². The molecule has 0 unspecified atom stereocenters. The molecule has 0 bridgehead atoms. The fourth-order valence-corrected chi connectivity index (χ4v) is 1.50. The number of carbonyl (C=O) groups excluding carboxylic acids is 1. The van der Waals surface area contributed by atoms with Gasteiger partial charge in [0.15, 0.2) is 0 Å². The summed E-state index contributed by atoms with van der Waals surface area (Å²) in [5.41, 5.74) is 5.30. The lowest BCUT2D eigenvalue weighted by atomic mass is 10.4. The van der Waals surface area contributed by atoms with Crippen LogP contribution < -0.4 is 10.9 Å². The van der Waals surface area contributed by atoms with Crippen LogP contribution in [-0.2, 0) is 0 Å². The summed E-state index contributed by atoms with van der Waals surface area (Å²) >= 11 is 11.7. The minimum absolute atomic E-state index is 0.0683. The van der Waals surface area contributed by atoms with Crippen LogP contribution in [-0.4, -0.2) is 16.0 Å². The molecule has 2 aromatic rings. The quantitative estimate of drug-likeness (QED) is 0.837. The summed E-state index contributed by atoms with van der Waals surface area (Å²) in [4.78, 5) is 15.3. The summed E-state index contributed by atoms with van der Waals surface area (Å²) in [6, 6.07) is 1.42. The molecule has 6 nitrogen and oxygen atoms in total. The van der Waals surface area contributed by atoms with Gasteiger partial charge in [0.25, 0.3) is 0 Å². The summed E-state index contributed by atoms with van der Waals surface area (Å²) < 4.78 is 4.66. The molecule has 0 aromatic carbocycles. The van der Waals surface area contributed by atoms with E-state index in [1.54, 1.807) is 0 Å². The molecule has 0 saturated heterocycles. The molecule has 8 heteroatoms. The smallest absolute Gasteiger partial charge is 0.308 e. The molecular formula is C9H6Cl2N4O2. The lowest BCUT2D eigenvalue weighted by molar-refractivity contribution is 0.0926. The molecule has 0 fully saturated rings. The van der Waals surface area contributed by atoms with Gasteiger partial charge in [-0.15, -0.1) is 0 Å². The summed E-state index contributed by atoms with van der Waals surface area (Å²) in [7, 11) is 0. The average Bonchev–Trinajstić information content (AvgIpc) is 2.81. The zero-order valence-corrected chi connectivity index (χ0v) is 9.79. The van der Waals surface area contributed by atoms with E-state index in [9.17, 15) is 4.79 Å². The fourth-order valence-electron chi connectivity index (χ4n) is 1.04. The minimum atomic E-state index is -0.494. The summed E-state index contributed by atoms with van der Waals surface area (Å²) in [6.45, 7) is 0. The van der Waals surface area contributed by atoms with Crippen LogP contribution in [0, 0.1) is 0 Å². The Morgan fingerprint density at radius 1 is 1.29 bits per heavy atom. The molecule has 2 aromatic heterocycles. The lowest BCUT2D eigenvalue weighted by Gasteiger charge is -2.09. The number of amides is 1. The maximum atomic E-state index is 11.5. The number of halogens is 2. The van der Waals surface area contributed by atoms with Crippen molar-refractivity contribution in [3.63, 3.8) is 0 Å². The van der Waals surface area contributed by atoms with Crippen molar-refractivity contribution in [3.05, 3.63) is 40.5 Å². The van der Waals surface area contributed by atoms with E-state index in [1.165, 1.54) is 24.7 Å². The zero-order valence-electron chi connectivity index (χ0n) is 8.28. The van der Waals surface area contributed by atoms with Gasteiger partial charge in [-0.05, 0) is 0 Å². The Morgan fingerprint density at radius 2 is 2.00 bits per heavy atom. The maximum absolute atomic E-state index is 11.5. The van der Waals surface area contributed by atoms with Crippen LogP contribution in [0.15, 0.2) is 29.2 Å². The Balaban J connectivity index is 2.06. The van der Waals surface area contributed by atoms with Gasteiger partial charge in [0.05, 0.1) is 21.9 Å². The van der Waals surface area contributed by atoms with E-state index in [4.69, 9.17) is 23.2 Å². The van der Waals surface area contributed by atoms with Gasteiger partial charge in [-0.1, -0.05) is 28.4 Å².